The predicted octanol–water partition coefficient (Wildman–Crippen LogP) is 3.20. The molecular formula is C18H19N2O2S. The van der Waals surface area contributed by atoms with Gasteiger partial charge in [0, 0.05) is 23.1 Å². The lowest BCUT2D eigenvalue weighted by atomic mass is 10.1. The number of aromatic amines is 1. The van der Waals surface area contributed by atoms with Gasteiger partial charge in [0.05, 0.1) is 4.90 Å². The van der Waals surface area contributed by atoms with Gasteiger partial charge < -0.3 is 4.98 Å². The first-order chi connectivity index (χ1) is 11.0. The molecule has 3 rings (SSSR count). The normalized spacial score (nSPS) is 13.3. The van der Waals surface area contributed by atoms with Gasteiger partial charge in [0.1, 0.15) is 0 Å². The topological polar surface area (TPSA) is 62.0 Å². The summed E-state index contributed by atoms with van der Waals surface area (Å²) in [5.74, 6) is 0. The fourth-order valence-electron chi connectivity index (χ4n) is 2.61. The molecular weight excluding hydrogens is 308 g/mol. The maximum atomic E-state index is 12.4. The fraction of sp³-hybridized carbons (Fsp3) is 0.167. The van der Waals surface area contributed by atoms with Crippen LogP contribution in [0.25, 0.3) is 10.9 Å². The zero-order chi connectivity index (χ0) is 16.4. The van der Waals surface area contributed by atoms with E-state index in [0.717, 1.165) is 22.0 Å². The van der Waals surface area contributed by atoms with Crippen molar-refractivity contribution >= 4 is 20.9 Å². The first kappa shape index (κ1) is 15.8. The SMILES string of the molecule is [CH2][C@@H](Cc1c[nH]c2ccccc12)NS(=O)(=O)c1ccc(C)cc1. The number of benzene rings is 2. The summed E-state index contributed by atoms with van der Waals surface area (Å²) in [5.41, 5.74) is 3.11. The molecule has 0 unspecified atom stereocenters. The highest BCUT2D eigenvalue weighted by Gasteiger charge is 2.18. The lowest BCUT2D eigenvalue weighted by Gasteiger charge is -2.14. The van der Waals surface area contributed by atoms with Crippen LogP contribution in [0.5, 0.6) is 0 Å². The van der Waals surface area contributed by atoms with Gasteiger partial charge in [0.2, 0.25) is 10.0 Å². The molecule has 1 aromatic heterocycles. The maximum absolute atomic E-state index is 12.4. The lowest BCUT2D eigenvalue weighted by molar-refractivity contribution is 0.570. The van der Waals surface area contributed by atoms with E-state index in [9.17, 15) is 8.42 Å². The third-order valence-electron chi connectivity index (χ3n) is 3.79. The Morgan fingerprint density at radius 3 is 2.57 bits per heavy atom. The van der Waals surface area contributed by atoms with Gasteiger partial charge >= 0.3 is 0 Å². The van der Waals surface area contributed by atoms with Crippen LogP contribution in [-0.4, -0.2) is 19.4 Å². The van der Waals surface area contributed by atoms with Crippen LogP contribution >= 0.6 is 0 Å². The smallest absolute Gasteiger partial charge is 0.240 e. The quantitative estimate of drug-likeness (QED) is 0.756. The van der Waals surface area contributed by atoms with E-state index in [1.807, 2.05) is 37.4 Å². The van der Waals surface area contributed by atoms with Gasteiger partial charge in [-0.3, -0.25) is 0 Å². The van der Waals surface area contributed by atoms with Crippen LogP contribution in [0.15, 0.2) is 59.6 Å². The number of aromatic nitrogens is 1. The molecule has 0 aliphatic heterocycles. The van der Waals surface area contributed by atoms with Crippen molar-refractivity contribution in [2.24, 2.45) is 0 Å². The molecule has 1 radical (unpaired) electrons. The summed E-state index contributed by atoms with van der Waals surface area (Å²) < 4.78 is 27.4. The van der Waals surface area contributed by atoms with Crippen molar-refractivity contribution < 1.29 is 8.42 Å². The van der Waals surface area contributed by atoms with Gasteiger partial charge in [-0.05, 0) is 44.0 Å². The van der Waals surface area contributed by atoms with E-state index in [4.69, 9.17) is 0 Å². The van der Waals surface area contributed by atoms with Gasteiger partial charge in [0.25, 0.3) is 0 Å². The molecule has 0 aliphatic carbocycles. The van der Waals surface area contributed by atoms with Crippen LogP contribution < -0.4 is 4.72 Å². The van der Waals surface area contributed by atoms with Crippen LogP contribution in [0.3, 0.4) is 0 Å². The number of rotatable bonds is 5. The molecule has 0 saturated carbocycles. The minimum absolute atomic E-state index is 0.260. The number of para-hydroxylation sites is 1. The Bertz CT molecular complexity index is 912. The van der Waals surface area contributed by atoms with Gasteiger partial charge in [-0.25, -0.2) is 13.1 Å². The summed E-state index contributed by atoms with van der Waals surface area (Å²) in [7, 11) is -3.56. The van der Waals surface area contributed by atoms with E-state index in [-0.39, 0.29) is 4.90 Å². The summed E-state index contributed by atoms with van der Waals surface area (Å²) in [5, 5.41) is 1.09. The molecule has 2 N–H and O–H groups in total. The monoisotopic (exact) mass is 327 g/mol. The second-order valence-electron chi connectivity index (χ2n) is 5.69. The molecule has 3 aromatic rings. The Labute approximate surface area is 136 Å². The summed E-state index contributed by atoms with van der Waals surface area (Å²) >= 11 is 0. The Hall–Kier alpha value is -2.11. The minimum Gasteiger partial charge on any atom is -0.361 e. The molecule has 1 heterocycles. The first-order valence-corrected chi connectivity index (χ1v) is 8.91. The Morgan fingerprint density at radius 1 is 1.13 bits per heavy atom. The molecule has 5 heteroatoms. The van der Waals surface area contributed by atoms with Crippen LogP contribution in [0.4, 0.5) is 0 Å². The van der Waals surface area contributed by atoms with Crippen LogP contribution in [0.1, 0.15) is 11.1 Å². The third-order valence-corrected chi connectivity index (χ3v) is 5.33. The standard InChI is InChI=1S/C18H19N2O2S/c1-13-7-9-16(10-8-13)23(21,22)20-14(2)11-15-12-19-18-6-4-3-5-17(15)18/h3-10,12,14,19-20H,2,11H2,1H3/t14-/m0/s1. The highest BCUT2D eigenvalue weighted by atomic mass is 32.2. The Balaban J connectivity index is 1.76. The minimum atomic E-state index is -3.56. The highest BCUT2D eigenvalue weighted by Crippen LogP contribution is 2.19. The van der Waals surface area contributed by atoms with Crippen LogP contribution in [0.2, 0.25) is 0 Å². The summed E-state index contributed by atoms with van der Waals surface area (Å²) in [4.78, 5) is 3.45. The van der Waals surface area contributed by atoms with Crippen molar-refractivity contribution in [3.05, 3.63) is 72.8 Å². The molecule has 0 bridgehead atoms. The van der Waals surface area contributed by atoms with Crippen molar-refractivity contribution in [3.63, 3.8) is 0 Å². The number of fused-ring (bicyclic) bond motifs is 1. The number of hydrogen-bond acceptors (Lipinski definition) is 2. The third kappa shape index (κ3) is 3.46. The molecule has 2 aromatic carbocycles. The number of aryl methyl sites for hydroxylation is 1. The average Bonchev–Trinajstić information content (AvgIpc) is 2.90. The van der Waals surface area contributed by atoms with Crippen molar-refractivity contribution in [2.45, 2.75) is 24.3 Å². The van der Waals surface area contributed by atoms with Crippen LogP contribution in [0, 0.1) is 13.8 Å². The van der Waals surface area contributed by atoms with E-state index < -0.39 is 16.1 Å². The summed E-state index contributed by atoms with van der Waals surface area (Å²) in [6.45, 7) is 5.87. The number of hydrogen-bond donors (Lipinski definition) is 2. The largest absolute Gasteiger partial charge is 0.361 e. The molecule has 0 spiro atoms. The summed E-state index contributed by atoms with van der Waals surface area (Å²) in [6, 6.07) is 14.3. The molecule has 0 aliphatic rings. The molecule has 0 saturated heterocycles. The number of H-pyrrole nitrogens is 1. The molecule has 0 amide bonds. The second-order valence-corrected chi connectivity index (χ2v) is 7.41. The zero-order valence-electron chi connectivity index (χ0n) is 12.9. The van der Waals surface area contributed by atoms with Gasteiger partial charge in [-0.1, -0.05) is 35.9 Å². The second kappa shape index (κ2) is 6.18. The van der Waals surface area contributed by atoms with E-state index in [2.05, 4.69) is 16.6 Å². The fourth-order valence-corrected chi connectivity index (χ4v) is 3.77. The van der Waals surface area contributed by atoms with E-state index in [0.29, 0.717) is 6.42 Å². The number of nitrogens with one attached hydrogen (secondary N) is 2. The van der Waals surface area contributed by atoms with Crippen molar-refractivity contribution in [2.75, 3.05) is 0 Å². The van der Waals surface area contributed by atoms with E-state index in [1.165, 1.54) is 0 Å². The molecule has 119 valence electrons. The van der Waals surface area contributed by atoms with Crippen molar-refractivity contribution in [1.29, 1.82) is 0 Å². The van der Waals surface area contributed by atoms with E-state index in [1.54, 1.807) is 24.3 Å². The molecule has 23 heavy (non-hydrogen) atoms. The molecule has 0 fully saturated rings. The predicted molar refractivity (Wildman–Crippen MR) is 92.6 cm³/mol. The maximum Gasteiger partial charge on any atom is 0.240 e. The van der Waals surface area contributed by atoms with Gasteiger partial charge in [-0.2, -0.15) is 0 Å². The number of sulfonamides is 1. The first-order valence-electron chi connectivity index (χ1n) is 7.43. The Kier molecular flexibility index (Phi) is 4.24. The van der Waals surface area contributed by atoms with Gasteiger partial charge in [-0.15, -0.1) is 0 Å². The van der Waals surface area contributed by atoms with E-state index >= 15 is 0 Å². The zero-order valence-corrected chi connectivity index (χ0v) is 13.7. The van der Waals surface area contributed by atoms with Crippen molar-refractivity contribution in [3.8, 4) is 0 Å². The average molecular weight is 327 g/mol. The van der Waals surface area contributed by atoms with Gasteiger partial charge in [0.15, 0.2) is 0 Å². The summed E-state index contributed by atoms with van der Waals surface area (Å²) in [6.07, 6.45) is 2.43. The molecule has 4 nitrogen and oxygen atoms in total. The highest BCUT2D eigenvalue weighted by molar-refractivity contribution is 7.89. The van der Waals surface area contributed by atoms with Crippen molar-refractivity contribution in [1.82, 2.24) is 9.71 Å². The van der Waals surface area contributed by atoms with Crippen LogP contribution in [-0.2, 0) is 16.4 Å². The lowest BCUT2D eigenvalue weighted by Crippen LogP contribution is -2.34. The molecule has 1 atom stereocenters. The Morgan fingerprint density at radius 2 is 1.83 bits per heavy atom.